The van der Waals surface area contributed by atoms with Gasteiger partial charge >= 0.3 is 0 Å². The van der Waals surface area contributed by atoms with E-state index in [1.54, 1.807) is 4.90 Å². The average Bonchev–Trinajstić information content (AvgIpc) is 2.96. The Balaban J connectivity index is 0.00000261. The van der Waals surface area contributed by atoms with Crippen LogP contribution in [0.15, 0.2) is 48.5 Å². The number of aliphatic hydroxyl groups is 1. The molecule has 141 valence electrons. The Labute approximate surface area is 188 Å². The number of carbonyl (C=O) groups is 1. The Kier molecular flexibility index (Phi) is 8.35. The molecule has 2 aromatic rings. The number of carbonyl (C=O) groups excluding carboxylic acids is 1. The summed E-state index contributed by atoms with van der Waals surface area (Å²) in [5, 5.41) is 9.64. The number of hydrogen-bond donors (Lipinski definition) is 1. The fraction of sp³-hybridized carbons (Fsp3) is 0.333. The summed E-state index contributed by atoms with van der Waals surface area (Å²) in [7, 11) is -1.29. The van der Waals surface area contributed by atoms with Crippen LogP contribution in [-0.2, 0) is 54.7 Å². The molecule has 1 amide bonds. The van der Waals surface area contributed by atoms with Gasteiger partial charge in [-0.25, -0.2) is 0 Å². The van der Waals surface area contributed by atoms with Gasteiger partial charge in [-0.15, -0.1) is 0 Å². The summed E-state index contributed by atoms with van der Waals surface area (Å²) in [6.07, 6.45) is 1.80. The minimum Gasteiger partial charge on any atom is -0.388 e. The van der Waals surface area contributed by atoms with Crippen LogP contribution < -0.4 is 4.90 Å². The maximum Gasteiger partial charge on any atom is 0.241 e. The van der Waals surface area contributed by atoms with Crippen LogP contribution in [0.25, 0.3) is 0 Å². The first-order chi connectivity index (χ1) is 12.5. The number of benzene rings is 2. The SMILES string of the molecule is [CH2-]Cc1ccc(C2N(c3ccc(C(O)CCC)cc3)C(=O)CS2=O)cc1.[Y]. The molecule has 1 aliphatic rings. The Morgan fingerprint density at radius 2 is 1.81 bits per heavy atom. The largest absolute Gasteiger partial charge is 0.388 e. The van der Waals surface area contributed by atoms with E-state index in [0.29, 0.717) is 18.5 Å². The molecule has 3 rings (SSSR count). The van der Waals surface area contributed by atoms with Crippen LogP contribution in [0.3, 0.4) is 0 Å². The number of nitrogens with zero attached hydrogens (tertiary/aromatic N) is 1. The van der Waals surface area contributed by atoms with Crippen molar-refractivity contribution in [2.75, 3.05) is 10.7 Å². The zero-order valence-corrected chi connectivity index (χ0v) is 19.2. The van der Waals surface area contributed by atoms with Gasteiger partial charge in [-0.2, -0.15) is 6.42 Å². The van der Waals surface area contributed by atoms with Crippen LogP contribution in [0.4, 0.5) is 5.69 Å². The molecule has 3 atom stereocenters. The Morgan fingerprint density at radius 3 is 2.37 bits per heavy atom. The monoisotopic (exact) mass is 459 g/mol. The van der Waals surface area contributed by atoms with Crippen molar-refractivity contribution in [3.8, 4) is 0 Å². The first-order valence-electron chi connectivity index (χ1n) is 8.90. The Morgan fingerprint density at radius 1 is 1.19 bits per heavy atom. The second-order valence-corrected chi connectivity index (χ2v) is 8.03. The maximum absolute atomic E-state index is 12.6. The van der Waals surface area contributed by atoms with Crippen molar-refractivity contribution < 1.29 is 46.8 Å². The van der Waals surface area contributed by atoms with E-state index >= 15 is 0 Å². The molecule has 0 aromatic heterocycles. The van der Waals surface area contributed by atoms with E-state index in [1.165, 1.54) is 0 Å². The summed E-state index contributed by atoms with van der Waals surface area (Å²) < 4.78 is 12.6. The third-order valence-corrected chi connectivity index (χ3v) is 6.20. The van der Waals surface area contributed by atoms with Crippen molar-refractivity contribution >= 4 is 22.4 Å². The zero-order chi connectivity index (χ0) is 18.7. The third-order valence-electron chi connectivity index (χ3n) is 4.69. The summed E-state index contributed by atoms with van der Waals surface area (Å²) in [6.45, 7) is 5.89. The van der Waals surface area contributed by atoms with Gasteiger partial charge in [0.05, 0.1) is 16.9 Å². The van der Waals surface area contributed by atoms with E-state index in [0.717, 1.165) is 23.1 Å². The van der Waals surface area contributed by atoms with Gasteiger partial charge in [0, 0.05) is 38.4 Å². The van der Waals surface area contributed by atoms with Crippen LogP contribution in [0.2, 0.25) is 0 Å². The molecule has 27 heavy (non-hydrogen) atoms. The quantitative estimate of drug-likeness (QED) is 0.671. The molecular weight excluding hydrogens is 435 g/mol. The van der Waals surface area contributed by atoms with E-state index < -0.39 is 22.3 Å². The molecule has 0 saturated carbocycles. The van der Waals surface area contributed by atoms with E-state index in [9.17, 15) is 14.1 Å². The molecule has 0 bridgehead atoms. The van der Waals surface area contributed by atoms with Crippen molar-refractivity contribution in [1.82, 2.24) is 0 Å². The number of rotatable bonds is 6. The molecule has 1 fully saturated rings. The van der Waals surface area contributed by atoms with Crippen molar-refractivity contribution in [3.05, 3.63) is 72.1 Å². The summed E-state index contributed by atoms with van der Waals surface area (Å²) in [5.41, 5.74) is 3.50. The van der Waals surface area contributed by atoms with Gasteiger partial charge in [-0.1, -0.05) is 55.3 Å². The molecule has 0 aliphatic carbocycles. The predicted molar refractivity (Wildman–Crippen MR) is 105 cm³/mol. The minimum atomic E-state index is -1.29. The van der Waals surface area contributed by atoms with Crippen LogP contribution in [-0.4, -0.2) is 21.0 Å². The normalized spacial score (nSPS) is 20.4. The van der Waals surface area contributed by atoms with E-state index in [-0.39, 0.29) is 44.4 Å². The smallest absolute Gasteiger partial charge is 0.241 e. The van der Waals surface area contributed by atoms with Gasteiger partial charge in [0.25, 0.3) is 0 Å². The number of hydrogen-bond acceptors (Lipinski definition) is 3. The van der Waals surface area contributed by atoms with Gasteiger partial charge < -0.3 is 12.0 Å². The first kappa shape index (κ1) is 22.4. The van der Waals surface area contributed by atoms with Crippen LogP contribution in [0, 0.1) is 6.92 Å². The molecule has 1 saturated heterocycles. The zero-order valence-electron chi connectivity index (χ0n) is 15.5. The predicted octanol–water partition coefficient (Wildman–Crippen LogP) is 3.69. The second-order valence-electron chi connectivity index (χ2n) is 6.53. The minimum absolute atomic E-state index is 0. The van der Waals surface area contributed by atoms with Crippen LogP contribution in [0.1, 0.15) is 47.9 Å². The molecule has 1 radical (unpaired) electrons. The third kappa shape index (κ3) is 4.94. The van der Waals surface area contributed by atoms with Crippen LogP contribution in [0.5, 0.6) is 0 Å². The van der Waals surface area contributed by atoms with Gasteiger partial charge in [0.1, 0.15) is 11.1 Å². The van der Waals surface area contributed by atoms with Gasteiger partial charge in [0.15, 0.2) is 0 Å². The molecular formula is C21H24NO3SY-. The first-order valence-corrected chi connectivity index (χ1v) is 10.3. The number of anilines is 1. The van der Waals surface area contributed by atoms with Crippen molar-refractivity contribution in [3.63, 3.8) is 0 Å². The molecule has 1 aliphatic heterocycles. The van der Waals surface area contributed by atoms with E-state index in [1.807, 2.05) is 55.5 Å². The summed E-state index contributed by atoms with van der Waals surface area (Å²) in [4.78, 5) is 14.1. The Bertz CT molecular complexity index is 792. The van der Waals surface area contributed by atoms with Crippen molar-refractivity contribution in [2.45, 2.75) is 37.7 Å². The number of amides is 1. The molecule has 1 N–H and O–H groups in total. The average molecular weight is 459 g/mol. The molecule has 3 unspecified atom stereocenters. The topological polar surface area (TPSA) is 57.6 Å². The summed E-state index contributed by atoms with van der Waals surface area (Å²) in [5.74, 6) is -0.112. The molecule has 2 aromatic carbocycles. The van der Waals surface area contributed by atoms with E-state index in [4.69, 9.17) is 0 Å². The van der Waals surface area contributed by atoms with E-state index in [2.05, 4.69) is 6.92 Å². The summed E-state index contributed by atoms with van der Waals surface area (Å²) >= 11 is 0. The molecule has 0 spiro atoms. The number of aliphatic hydroxyl groups excluding tert-OH is 1. The Hall–Kier alpha value is -0.876. The maximum atomic E-state index is 12.6. The second kappa shape index (κ2) is 10.1. The molecule has 1 heterocycles. The van der Waals surface area contributed by atoms with Crippen LogP contribution >= 0.6 is 0 Å². The van der Waals surface area contributed by atoms with Crippen molar-refractivity contribution in [2.24, 2.45) is 0 Å². The molecule has 6 heteroatoms. The van der Waals surface area contributed by atoms with Gasteiger partial charge in [-0.05, 0) is 29.7 Å². The summed E-state index contributed by atoms with van der Waals surface area (Å²) in [6, 6.07) is 15.1. The fourth-order valence-corrected chi connectivity index (χ4v) is 4.72. The van der Waals surface area contributed by atoms with Gasteiger partial charge in [-0.3, -0.25) is 13.9 Å². The standard InChI is InChI=1S/C21H24NO3S.Y/c1-3-5-19(23)16-10-12-18(13-11-16)22-20(24)14-26(25)21(22)17-8-6-15(4-2)7-9-17;/h6-13,19,21,23H,2-5,14H2,1H3;/q-1;. The fourth-order valence-electron chi connectivity index (χ4n) is 3.24. The molecule has 4 nitrogen and oxygen atoms in total. The van der Waals surface area contributed by atoms with Gasteiger partial charge in [0.2, 0.25) is 5.91 Å². The van der Waals surface area contributed by atoms with Crippen molar-refractivity contribution in [1.29, 1.82) is 0 Å².